The highest BCUT2D eigenvalue weighted by Gasteiger charge is 2.48. The van der Waals surface area contributed by atoms with Crippen molar-refractivity contribution in [3.63, 3.8) is 0 Å². The van der Waals surface area contributed by atoms with Gasteiger partial charge in [-0.25, -0.2) is 0 Å². The number of rotatable bonds is 5. The molecule has 0 saturated heterocycles. The smallest absolute Gasteiger partial charge is 0.00106 e. The Labute approximate surface area is 99.7 Å². The summed E-state index contributed by atoms with van der Waals surface area (Å²) in [5.41, 5.74) is 0.754. The van der Waals surface area contributed by atoms with E-state index < -0.39 is 0 Å². The van der Waals surface area contributed by atoms with E-state index in [2.05, 4.69) is 17.5 Å². The molecule has 0 aromatic carbocycles. The van der Waals surface area contributed by atoms with E-state index in [1.54, 1.807) is 0 Å². The van der Waals surface area contributed by atoms with Crippen LogP contribution < -0.4 is 5.32 Å². The molecule has 0 spiro atoms. The average Bonchev–Trinajstić information content (AvgIpc) is 3.08. The SMILES string of the molecule is C1=CCC(CNCC2(C3CC3)CCC2)CC1. The molecule has 3 rings (SSSR count). The van der Waals surface area contributed by atoms with Crippen LogP contribution in [0.5, 0.6) is 0 Å². The Bertz CT molecular complexity index is 261. The second kappa shape index (κ2) is 4.52. The third kappa shape index (κ3) is 2.20. The maximum atomic E-state index is 3.79. The van der Waals surface area contributed by atoms with E-state index in [0.717, 1.165) is 17.3 Å². The fraction of sp³-hybridized carbons (Fsp3) is 0.867. The Kier molecular flexibility index (Phi) is 3.06. The van der Waals surface area contributed by atoms with Gasteiger partial charge in [-0.2, -0.15) is 0 Å². The highest BCUT2D eigenvalue weighted by molar-refractivity contribution is 5.00. The molecule has 0 bridgehead atoms. The first-order valence-corrected chi connectivity index (χ1v) is 7.25. The molecule has 0 heterocycles. The Morgan fingerprint density at radius 1 is 1.12 bits per heavy atom. The van der Waals surface area contributed by atoms with Crippen molar-refractivity contribution < 1.29 is 0 Å². The molecule has 1 atom stereocenters. The molecular formula is C15H25N. The summed E-state index contributed by atoms with van der Waals surface area (Å²) in [7, 11) is 0. The zero-order chi connectivity index (χ0) is 10.8. The lowest BCUT2D eigenvalue weighted by atomic mass is 9.65. The van der Waals surface area contributed by atoms with E-state index in [9.17, 15) is 0 Å². The highest BCUT2D eigenvalue weighted by Crippen LogP contribution is 2.56. The molecule has 2 saturated carbocycles. The number of hydrogen-bond acceptors (Lipinski definition) is 1. The maximum Gasteiger partial charge on any atom is 0.00106 e. The van der Waals surface area contributed by atoms with E-state index in [0.29, 0.717) is 0 Å². The van der Waals surface area contributed by atoms with Crippen LogP contribution in [0.25, 0.3) is 0 Å². The van der Waals surface area contributed by atoms with Gasteiger partial charge >= 0.3 is 0 Å². The first-order chi connectivity index (χ1) is 7.89. The molecule has 0 aromatic rings. The number of hydrogen-bond donors (Lipinski definition) is 1. The lowest BCUT2D eigenvalue weighted by Crippen LogP contribution is -2.43. The molecule has 2 fully saturated rings. The van der Waals surface area contributed by atoms with Gasteiger partial charge in [0, 0.05) is 6.54 Å². The normalized spacial score (nSPS) is 32.4. The maximum absolute atomic E-state index is 3.79. The van der Waals surface area contributed by atoms with Gasteiger partial charge in [-0.05, 0) is 68.7 Å². The Morgan fingerprint density at radius 3 is 2.56 bits per heavy atom. The average molecular weight is 219 g/mol. The van der Waals surface area contributed by atoms with E-state index >= 15 is 0 Å². The second-order valence-electron chi connectivity index (χ2n) is 6.27. The van der Waals surface area contributed by atoms with Crippen molar-refractivity contribution in [2.45, 2.75) is 51.4 Å². The topological polar surface area (TPSA) is 12.0 Å². The van der Waals surface area contributed by atoms with Gasteiger partial charge in [0.15, 0.2) is 0 Å². The van der Waals surface area contributed by atoms with Gasteiger partial charge in [0.2, 0.25) is 0 Å². The van der Waals surface area contributed by atoms with Crippen molar-refractivity contribution in [1.29, 1.82) is 0 Å². The zero-order valence-corrected chi connectivity index (χ0v) is 10.4. The lowest BCUT2D eigenvalue weighted by Gasteiger charge is -2.43. The Morgan fingerprint density at radius 2 is 2.00 bits per heavy atom. The van der Waals surface area contributed by atoms with Crippen molar-refractivity contribution in [2.75, 3.05) is 13.1 Å². The molecule has 3 aliphatic rings. The quantitative estimate of drug-likeness (QED) is 0.698. The summed E-state index contributed by atoms with van der Waals surface area (Å²) in [6.07, 6.45) is 16.3. The summed E-state index contributed by atoms with van der Waals surface area (Å²) in [5.74, 6) is 2.02. The third-order valence-electron chi connectivity index (χ3n) is 5.08. The van der Waals surface area contributed by atoms with Crippen LogP contribution in [0.1, 0.15) is 51.4 Å². The number of allylic oxidation sites excluding steroid dienone is 2. The Hall–Kier alpha value is -0.300. The van der Waals surface area contributed by atoms with Gasteiger partial charge in [0.1, 0.15) is 0 Å². The van der Waals surface area contributed by atoms with E-state index in [1.807, 2.05) is 0 Å². The third-order valence-corrected chi connectivity index (χ3v) is 5.08. The molecule has 16 heavy (non-hydrogen) atoms. The summed E-state index contributed by atoms with van der Waals surface area (Å²) in [6, 6.07) is 0. The van der Waals surface area contributed by atoms with Gasteiger partial charge in [-0.3, -0.25) is 0 Å². The monoisotopic (exact) mass is 219 g/mol. The molecule has 0 amide bonds. The summed E-state index contributed by atoms with van der Waals surface area (Å²) in [6.45, 7) is 2.58. The van der Waals surface area contributed by atoms with Crippen LogP contribution >= 0.6 is 0 Å². The molecule has 90 valence electrons. The Balaban J connectivity index is 1.40. The standard InChI is InChI=1S/C15H25N/c1-2-5-13(6-3-1)11-16-12-15(9-4-10-15)14-7-8-14/h1-2,13-14,16H,3-12H2. The lowest BCUT2D eigenvalue weighted by molar-refractivity contribution is 0.0973. The summed E-state index contributed by atoms with van der Waals surface area (Å²) in [5, 5.41) is 3.79. The minimum Gasteiger partial charge on any atom is -0.316 e. The molecule has 1 nitrogen and oxygen atoms in total. The van der Waals surface area contributed by atoms with Crippen LogP contribution in [0.4, 0.5) is 0 Å². The van der Waals surface area contributed by atoms with Crippen LogP contribution in [0.3, 0.4) is 0 Å². The summed E-state index contributed by atoms with van der Waals surface area (Å²) >= 11 is 0. The molecule has 1 N–H and O–H groups in total. The van der Waals surface area contributed by atoms with Crippen molar-refractivity contribution in [1.82, 2.24) is 5.32 Å². The van der Waals surface area contributed by atoms with E-state index in [-0.39, 0.29) is 0 Å². The van der Waals surface area contributed by atoms with Gasteiger partial charge in [-0.1, -0.05) is 18.6 Å². The van der Waals surface area contributed by atoms with E-state index in [1.165, 1.54) is 64.5 Å². The highest BCUT2D eigenvalue weighted by atomic mass is 14.9. The van der Waals surface area contributed by atoms with Crippen molar-refractivity contribution >= 4 is 0 Å². The fourth-order valence-electron chi connectivity index (χ4n) is 3.62. The van der Waals surface area contributed by atoms with Crippen LogP contribution in [-0.2, 0) is 0 Å². The first-order valence-electron chi connectivity index (χ1n) is 7.25. The van der Waals surface area contributed by atoms with Crippen LogP contribution in [-0.4, -0.2) is 13.1 Å². The van der Waals surface area contributed by atoms with Crippen molar-refractivity contribution in [2.24, 2.45) is 17.3 Å². The molecule has 0 radical (unpaired) electrons. The molecule has 3 aliphatic carbocycles. The van der Waals surface area contributed by atoms with Crippen LogP contribution in [0, 0.1) is 17.3 Å². The first kappa shape index (κ1) is 10.8. The minimum absolute atomic E-state index is 0.754. The predicted octanol–water partition coefficient (Wildman–Crippen LogP) is 3.51. The van der Waals surface area contributed by atoms with Gasteiger partial charge in [0.05, 0.1) is 0 Å². The van der Waals surface area contributed by atoms with Gasteiger partial charge in [-0.15, -0.1) is 0 Å². The predicted molar refractivity (Wildman–Crippen MR) is 68.4 cm³/mol. The summed E-state index contributed by atoms with van der Waals surface area (Å²) in [4.78, 5) is 0. The second-order valence-corrected chi connectivity index (χ2v) is 6.27. The largest absolute Gasteiger partial charge is 0.316 e. The molecular weight excluding hydrogens is 194 g/mol. The summed E-state index contributed by atoms with van der Waals surface area (Å²) < 4.78 is 0. The van der Waals surface area contributed by atoms with E-state index in [4.69, 9.17) is 0 Å². The van der Waals surface area contributed by atoms with Crippen molar-refractivity contribution in [3.8, 4) is 0 Å². The zero-order valence-electron chi connectivity index (χ0n) is 10.4. The fourth-order valence-corrected chi connectivity index (χ4v) is 3.62. The van der Waals surface area contributed by atoms with Gasteiger partial charge in [0.25, 0.3) is 0 Å². The molecule has 0 aliphatic heterocycles. The van der Waals surface area contributed by atoms with Crippen LogP contribution in [0.15, 0.2) is 12.2 Å². The minimum atomic E-state index is 0.754. The van der Waals surface area contributed by atoms with Gasteiger partial charge < -0.3 is 5.32 Å². The van der Waals surface area contributed by atoms with Crippen molar-refractivity contribution in [3.05, 3.63) is 12.2 Å². The molecule has 1 heteroatoms. The molecule has 0 aromatic heterocycles. The van der Waals surface area contributed by atoms with Crippen LogP contribution in [0.2, 0.25) is 0 Å². The molecule has 1 unspecified atom stereocenters. The number of nitrogens with one attached hydrogen (secondary N) is 1.